The van der Waals surface area contributed by atoms with Gasteiger partial charge in [0.15, 0.2) is 0 Å². The summed E-state index contributed by atoms with van der Waals surface area (Å²) in [5.41, 5.74) is 10.3. The van der Waals surface area contributed by atoms with Gasteiger partial charge in [0.25, 0.3) is 0 Å². The van der Waals surface area contributed by atoms with Crippen LogP contribution < -0.4 is 0 Å². The Morgan fingerprint density at radius 2 is 1.56 bits per heavy atom. The van der Waals surface area contributed by atoms with E-state index in [2.05, 4.69) is 44.5 Å². The number of aromatic amines is 1. The zero-order chi connectivity index (χ0) is 18.3. The first-order valence-electron chi connectivity index (χ1n) is 8.52. The number of halogens is 1. The van der Waals surface area contributed by atoms with Crippen molar-refractivity contribution < 1.29 is 4.39 Å². The Morgan fingerprint density at radius 1 is 0.960 bits per heavy atom. The highest BCUT2D eigenvalue weighted by atomic mass is 19.1. The van der Waals surface area contributed by atoms with Crippen LogP contribution in [0, 0.1) is 40.4 Å². The van der Waals surface area contributed by atoms with Crippen LogP contribution in [0.2, 0.25) is 0 Å². The molecule has 1 aromatic heterocycles. The highest BCUT2D eigenvalue weighted by Crippen LogP contribution is 2.37. The second kappa shape index (κ2) is 6.36. The molecule has 0 saturated carbocycles. The lowest BCUT2D eigenvalue weighted by Gasteiger charge is -2.14. The molecule has 2 heteroatoms. The van der Waals surface area contributed by atoms with E-state index in [1.165, 1.54) is 22.8 Å². The van der Waals surface area contributed by atoms with Crippen LogP contribution in [0.4, 0.5) is 4.39 Å². The van der Waals surface area contributed by atoms with Gasteiger partial charge >= 0.3 is 0 Å². The summed E-state index contributed by atoms with van der Waals surface area (Å²) in [5, 5.41) is 0. The maximum Gasteiger partial charge on any atom is 0.131 e. The summed E-state index contributed by atoms with van der Waals surface area (Å²) in [6, 6.07) is 11.3. The van der Waals surface area contributed by atoms with Gasteiger partial charge in [-0.05, 0) is 68.5 Å². The molecule has 0 radical (unpaired) electrons. The van der Waals surface area contributed by atoms with Gasteiger partial charge in [0.2, 0.25) is 0 Å². The normalized spacial score (nSPS) is 11.0. The van der Waals surface area contributed by atoms with Crippen LogP contribution in [0.15, 0.2) is 43.0 Å². The van der Waals surface area contributed by atoms with Gasteiger partial charge in [-0.1, -0.05) is 42.5 Å². The maximum atomic E-state index is 14.3. The van der Waals surface area contributed by atoms with Crippen molar-refractivity contribution >= 4 is 5.57 Å². The number of aryl methyl sites for hydroxylation is 4. The molecule has 0 saturated heterocycles. The van der Waals surface area contributed by atoms with Crippen molar-refractivity contribution in [3.63, 3.8) is 0 Å². The van der Waals surface area contributed by atoms with E-state index in [9.17, 15) is 4.39 Å². The van der Waals surface area contributed by atoms with E-state index in [0.717, 1.165) is 33.7 Å². The van der Waals surface area contributed by atoms with Crippen LogP contribution in [0.5, 0.6) is 0 Å². The van der Waals surface area contributed by atoms with Crippen LogP contribution in [0.25, 0.3) is 16.7 Å². The predicted octanol–water partition coefficient (Wildman–Crippen LogP) is 6.42. The molecule has 0 aliphatic rings. The van der Waals surface area contributed by atoms with Gasteiger partial charge in [-0.15, -0.1) is 0 Å². The maximum absolute atomic E-state index is 14.3. The number of rotatable bonds is 3. The molecule has 0 aliphatic carbocycles. The average molecular weight is 333 g/mol. The van der Waals surface area contributed by atoms with Crippen molar-refractivity contribution in [2.45, 2.75) is 34.6 Å². The topological polar surface area (TPSA) is 15.8 Å². The zero-order valence-corrected chi connectivity index (χ0v) is 15.5. The Morgan fingerprint density at radius 3 is 2.16 bits per heavy atom. The molecular formula is C23H24FN. The lowest BCUT2D eigenvalue weighted by atomic mass is 9.91. The van der Waals surface area contributed by atoms with Gasteiger partial charge in [0.1, 0.15) is 5.82 Å². The quantitative estimate of drug-likeness (QED) is 0.569. The van der Waals surface area contributed by atoms with Gasteiger partial charge in [-0.25, -0.2) is 4.39 Å². The molecule has 0 spiro atoms. The molecule has 0 aliphatic heterocycles. The third kappa shape index (κ3) is 2.93. The summed E-state index contributed by atoms with van der Waals surface area (Å²) in [4.78, 5) is 3.44. The third-order valence-electron chi connectivity index (χ3n) is 4.86. The van der Waals surface area contributed by atoms with Crippen LogP contribution in [-0.4, -0.2) is 4.98 Å². The first kappa shape index (κ1) is 17.2. The highest BCUT2D eigenvalue weighted by Gasteiger charge is 2.19. The second-order valence-electron chi connectivity index (χ2n) is 6.86. The van der Waals surface area contributed by atoms with E-state index < -0.39 is 0 Å². The molecule has 3 aromatic rings. The smallest absolute Gasteiger partial charge is 0.131 e. The number of H-pyrrole nitrogens is 1. The monoisotopic (exact) mass is 333 g/mol. The molecule has 2 aromatic carbocycles. The van der Waals surface area contributed by atoms with Crippen molar-refractivity contribution in [1.82, 2.24) is 4.98 Å². The Bertz CT molecular complexity index is 953. The molecular weight excluding hydrogens is 309 g/mol. The van der Waals surface area contributed by atoms with Gasteiger partial charge in [-0.2, -0.15) is 0 Å². The SMILES string of the molecule is C=C(c1[nH]c(C)c(-c2ccccc2F)c1C)c1c(C)cc(C)cc1C. The summed E-state index contributed by atoms with van der Waals surface area (Å²) >= 11 is 0. The zero-order valence-electron chi connectivity index (χ0n) is 15.5. The van der Waals surface area contributed by atoms with Crippen LogP contribution in [-0.2, 0) is 0 Å². The van der Waals surface area contributed by atoms with Crippen LogP contribution >= 0.6 is 0 Å². The van der Waals surface area contributed by atoms with E-state index >= 15 is 0 Å². The second-order valence-corrected chi connectivity index (χ2v) is 6.86. The van der Waals surface area contributed by atoms with Crippen molar-refractivity contribution in [1.29, 1.82) is 0 Å². The predicted molar refractivity (Wildman–Crippen MR) is 104 cm³/mol. The number of benzene rings is 2. The summed E-state index contributed by atoms with van der Waals surface area (Å²) < 4.78 is 14.3. The fourth-order valence-corrected chi connectivity index (χ4v) is 3.90. The minimum Gasteiger partial charge on any atom is -0.358 e. The molecule has 0 fully saturated rings. The van der Waals surface area contributed by atoms with Crippen molar-refractivity contribution in [2.75, 3.05) is 0 Å². The fourth-order valence-electron chi connectivity index (χ4n) is 3.90. The number of nitrogens with one attached hydrogen (secondary N) is 1. The van der Waals surface area contributed by atoms with Gasteiger partial charge in [0, 0.05) is 22.5 Å². The summed E-state index contributed by atoms with van der Waals surface area (Å²) in [6.07, 6.45) is 0. The minimum atomic E-state index is -0.201. The Labute approximate surface area is 149 Å². The standard InChI is InChI=1S/C23H24FN/c1-13-11-14(2)21(15(3)12-13)16(4)23-17(5)22(18(6)25-23)19-9-7-8-10-20(19)24/h7-12,25H,4H2,1-3,5-6H3. The molecule has 25 heavy (non-hydrogen) atoms. The minimum absolute atomic E-state index is 0.201. The number of hydrogen-bond donors (Lipinski definition) is 1. The van der Waals surface area contributed by atoms with Gasteiger partial charge < -0.3 is 4.98 Å². The summed E-state index contributed by atoms with van der Waals surface area (Å²) in [6.45, 7) is 14.7. The summed E-state index contributed by atoms with van der Waals surface area (Å²) in [7, 11) is 0. The van der Waals surface area contributed by atoms with Crippen LogP contribution in [0.1, 0.15) is 39.2 Å². The van der Waals surface area contributed by atoms with Crippen LogP contribution in [0.3, 0.4) is 0 Å². The average Bonchev–Trinajstić information content (AvgIpc) is 2.82. The van der Waals surface area contributed by atoms with Crippen molar-refractivity contribution in [3.05, 3.63) is 88.0 Å². The van der Waals surface area contributed by atoms with Gasteiger partial charge in [-0.3, -0.25) is 0 Å². The Balaban J connectivity index is 2.16. The lowest BCUT2D eigenvalue weighted by Crippen LogP contribution is -1.97. The molecule has 3 rings (SSSR count). The first-order valence-corrected chi connectivity index (χ1v) is 8.52. The molecule has 0 bridgehead atoms. The first-order chi connectivity index (χ1) is 11.8. The third-order valence-corrected chi connectivity index (χ3v) is 4.86. The molecule has 128 valence electrons. The molecule has 0 unspecified atom stereocenters. The Kier molecular flexibility index (Phi) is 4.38. The van der Waals surface area contributed by atoms with Crippen molar-refractivity contribution in [3.8, 4) is 11.1 Å². The molecule has 1 heterocycles. The molecule has 1 N–H and O–H groups in total. The molecule has 1 nitrogen and oxygen atoms in total. The van der Waals surface area contributed by atoms with E-state index in [-0.39, 0.29) is 5.82 Å². The molecule has 0 atom stereocenters. The van der Waals surface area contributed by atoms with E-state index in [0.29, 0.717) is 5.56 Å². The molecule has 0 amide bonds. The summed E-state index contributed by atoms with van der Waals surface area (Å²) in [5.74, 6) is -0.201. The van der Waals surface area contributed by atoms with Gasteiger partial charge in [0.05, 0.1) is 0 Å². The van der Waals surface area contributed by atoms with Crippen molar-refractivity contribution in [2.24, 2.45) is 0 Å². The van der Waals surface area contributed by atoms with E-state index in [1.54, 1.807) is 6.07 Å². The number of hydrogen-bond acceptors (Lipinski definition) is 0. The van der Waals surface area contributed by atoms with E-state index in [1.807, 2.05) is 26.0 Å². The largest absolute Gasteiger partial charge is 0.358 e. The highest BCUT2D eigenvalue weighted by molar-refractivity contribution is 5.86. The van der Waals surface area contributed by atoms with E-state index in [4.69, 9.17) is 0 Å². The fraction of sp³-hybridized carbons (Fsp3) is 0.217. The lowest BCUT2D eigenvalue weighted by molar-refractivity contribution is 0.631. The Hall–Kier alpha value is -2.61. The number of aromatic nitrogens is 1.